The van der Waals surface area contributed by atoms with Crippen LogP contribution in [0, 0.1) is 5.92 Å². The Bertz CT molecular complexity index is 1190. The SMILES string of the molecule is O=C(Nc1ccccc1C(=O)N1CCOCC1)C1CCN(S(=O)(=O)Cc2ccc(Cl)c(Cl)c2)CC1. The molecule has 35 heavy (non-hydrogen) atoms. The van der Waals surface area contributed by atoms with Gasteiger partial charge in [0, 0.05) is 32.1 Å². The van der Waals surface area contributed by atoms with E-state index in [1.807, 2.05) is 0 Å². The molecule has 0 bridgehead atoms. The van der Waals surface area contributed by atoms with E-state index < -0.39 is 10.0 Å². The van der Waals surface area contributed by atoms with E-state index in [1.54, 1.807) is 47.4 Å². The largest absolute Gasteiger partial charge is 0.378 e. The van der Waals surface area contributed by atoms with Crippen molar-refractivity contribution in [2.24, 2.45) is 5.92 Å². The Labute approximate surface area is 215 Å². The van der Waals surface area contributed by atoms with E-state index in [1.165, 1.54) is 4.31 Å². The monoisotopic (exact) mass is 539 g/mol. The van der Waals surface area contributed by atoms with Crippen molar-refractivity contribution in [2.75, 3.05) is 44.7 Å². The zero-order chi connectivity index (χ0) is 25.0. The first-order valence-corrected chi connectivity index (χ1v) is 13.8. The number of anilines is 1. The Kier molecular flexibility index (Phi) is 8.34. The van der Waals surface area contributed by atoms with E-state index in [2.05, 4.69) is 5.32 Å². The predicted molar refractivity (Wildman–Crippen MR) is 135 cm³/mol. The number of benzene rings is 2. The van der Waals surface area contributed by atoms with Crippen LogP contribution in [0.15, 0.2) is 42.5 Å². The highest BCUT2D eigenvalue weighted by atomic mass is 35.5. The van der Waals surface area contributed by atoms with Gasteiger partial charge in [-0.1, -0.05) is 41.4 Å². The van der Waals surface area contributed by atoms with Crippen molar-refractivity contribution in [2.45, 2.75) is 18.6 Å². The number of carbonyl (C=O) groups is 2. The molecule has 2 fully saturated rings. The Morgan fingerprint density at radius 1 is 0.971 bits per heavy atom. The molecular formula is C24H27Cl2N3O5S. The van der Waals surface area contributed by atoms with Crippen LogP contribution in [0.2, 0.25) is 10.0 Å². The average Bonchev–Trinajstić information content (AvgIpc) is 2.86. The molecule has 2 aromatic carbocycles. The number of nitrogens with zero attached hydrogens (tertiary/aromatic N) is 2. The van der Waals surface area contributed by atoms with Crippen molar-refractivity contribution in [1.82, 2.24) is 9.21 Å². The zero-order valence-corrected chi connectivity index (χ0v) is 21.4. The van der Waals surface area contributed by atoms with E-state index in [9.17, 15) is 18.0 Å². The number of carbonyl (C=O) groups excluding carboxylic acids is 2. The standard InChI is InChI=1S/C24H27Cl2N3O5S/c25-20-6-5-17(15-21(20)26)16-35(32,33)29-9-7-18(8-10-29)23(30)27-22-4-2-1-3-19(22)24(31)28-11-13-34-14-12-28/h1-6,15,18H,7-14,16H2,(H,27,30). The normalized spacial score (nSPS) is 17.8. The molecule has 0 unspecified atom stereocenters. The minimum Gasteiger partial charge on any atom is -0.378 e. The Balaban J connectivity index is 1.36. The van der Waals surface area contributed by atoms with Gasteiger partial charge < -0.3 is 15.0 Å². The van der Waals surface area contributed by atoms with E-state index in [0.29, 0.717) is 66.0 Å². The van der Waals surface area contributed by atoms with Crippen LogP contribution in [0.4, 0.5) is 5.69 Å². The van der Waals surface area contributed by atoms with E-state index >= 15 is 0 Å². The molecular weight excluding hydrogens is 513 g/mol. The first-order valence-electron chi connectivity index (χ1n) is 11.4. The summed E-state index contributed by atoms with van der Waals surface area (Å²) in [5.41, 5.74) is 1.45. The lowest BCUT2D eigenvalue weighted by Crippen LogP contribution is -2.42. The van der Waals surface area contributed by atoms with Gasteiger partial charge in [0.25, 0.3) is 5.91 Å². The molecule has 0 aromatic heterocycles. The molecule has 0 aliphatic carbocycles. The van der Waals surface area contributed by atoms with Gasteiger partial charge in [-0.15, -0.1) is 0 Å². The summed E-state index contributed by atoms with van der Waals surface area (Å²) < 4.78 is 32.5. The number of piperidine rings is 1. The first-order chi connectivity index (χ1) is 16.7. The molecule has 2 heterocycles. The van der Waals surface area contributed by atoms with Gasteiger partial charge in [-0.2, -0.15) is 0 Å². The first kappa shape index (κ1) is 25.9. The average molecular weight is 540 g/mol. The molecule has 0 radical (unpaired) electrons. The molecule has 11 heteroatoms. The summed E-state index contributed by atoms with van der Waals surface area (Å²) in [5, 5.41) is 3.57. The summed E-state index contributed by atoms with van der Waals surface area (Å²) in [7, 11) is -3.56. The molecule has 4 rings (SSSR count). The van der Waals surface area contributed by atoms with Crippen molar-refractivity contribution >= 4 is 50.7 Å². The van der Waals surface area contributed by atoms with Crippen molar-refractivity contribution in [3.05, 3.63) is 63.6 Å². The summed E-state index contributed by atoms with van der Waals surface area (Å²) in [6, 6.07) is 11.7. The molecule has 8 nitrogen and oxygen atoms in total. The van der Waals surface area contributed by atoms with Crippen LogP contribution in [0.5, 0.6) is 0 Å². The molecule has 0 spiro atoms. The van der Waals surface area contributed by atoms with Crippen LogP contribution < -0.4 is 5.32 Å². The second-order valence-corrected chi connectivity index (χ2v) is 11.4. The maximum Gasteiger partial charge on any atom is 0.256 e. The summed E-state index contributed by atoms with van der Waals surface area (Å²) in [4.78, 5) is 27.6. The molecule has 188 valence electrons. The van der Waals surface area contributed by atoms with E-state index in [-0.39, 0.29) is 36.6 Å². The number of nitrogens with one attached hydrogen (secondary N) is 1. The quantitative estimate of drug-likeness (QED) is 0.604. The fourth-order valence-electron chi connectivity index (χ4n) is 4.28. The van der Waals surface area contributed by atoms with Gasteiger partial charge in [0.15, 0.2) is 0 Å². The molecule has 2 amide bonds. The third-order valence-electron chi connectivity index (χ3n) is 6.26. The third-order valence-corrected chi connectivity index (χ3v) is 8.85. The number of sulfonamides is 1. The Morgan fingerprint density at radius 2 is 1.66 bits per heavy atom. The van der Waals surface area contributed by atoms with Gasteiger partial charge in [-0.25, -0.2) is 12.7 Å². The van der Waals surface area contributed by atoms with Crippen LogP contribution >= 0.6 is 23.2 Å². The predicted octanol–water partition coefficient (Wildman–Crippen LogP) is 3.65. The second kappa shape index (κ2) is 11.3. The second-order valence-electron chi connectivity index (χ2n) is 8.62. The number of morpholine rings is 1. The van der Waals surface area contributed by atoms with E-state index in [0.717, 1.165) is 0 Å². The van der Waals surface area contributed by atoms with Crippen molar-refractivity contribution < 1.29 is 22.7 Å². The summed E-state index contributed by atoms with van der Waals surface area (Å²) in [5.74, 6) is -0.892. The Morgan fingerprint density at radius 3 is 2.34 bits per heavy atom. The van der Waals surface area contributed by atoms with E-state index in [4.69, 9.17) is 27.9 Å². The smallest absolute Gasteiger partial charge is 0.256 e. The number of amides is 2. The fourth-order valence-corrected chi connectivity index (χ4v) is 6.15. The van der Waals surface area contributed by atoms with Crippen LogP contribution in [-0.2, 0) is 25.3 Å². The maximum absolute atomic E-state index is 13.0. The van der Waals surface area contributed by atoms with Crippen LogP contribution in [0.25, 0.3) is 0 Å². The lowest BCUT2D eigenvalue weighted by atomic mass is 9.97. The molecule has 2 aliphatic rings. The minimum atomic E-state index is -3.56. The molecule has 0 atom stereocenters. The molecule has 1 N–H and O–H groups in total. The maximum atomic E-state index is 13.0. The summed E-state index contributed by atoms with van der Waals surface area (Å²) in [6.07, 6.45) is 0.790. The third kappa shape index (κ3) is 6.34. The number of ether oxygens (including phenoxy) is 1. The summed E-state index contributed by atoms with van der Waals surface area (Å²) >= 11 is 11.9. The lowest BCUT2D eigenvalue weighted by Gasteiger charge is -2.31. The van der Waals surface area contributed by atoms with Crippen molar-refractivity contribution in [3.63, 3.8) is 0 Å². The Hall–Kier alpha value is -2.17. The van der Waals surface area contributed by atoms with Gasteiger partial charge in [0.1, 0.15) is 0 Å². The minimum absolute atomic E-state index is 0.146. The summed E-state index contributed by atoms with van der Waals surface area (Å²) in [6.45, 7) is 2.50. The number of rotatable bonds is 6. The number of hydrogen-bond donors (Lipinski definition) is 1. The number of hydrogen-bond acceptors (Lipinski definition) is 5. The molecule has 2 aromatic rings. The number of halogens is 2. The van der Waals surface area contributed by atoms with Crippen LogP contribution in [-0.4, -0.2) is 68.8 Å². The van der Waals surface area contributed by atoms with Crippen molar-refractivity contribution in [3.8, 4) is 0 Å². The van der Waals surface area contributed by atoms with Crippen LogP contribution in [0.3, 0.4) is 0 Å². The van der Waals surface area contributed by atoms with Gasteiger partial charge in [0.05, 0.1) is 40.3 Å². The highest BCUT2D eigenvalue weighted by Gasteiger charge is 2.32. The van der Waals surface area contributed by atoms with Gasteiger partial charge in [-0.3, -0.25) is 9.59 Å². The van der Waals surface area contributed by atoms with Gasteiger partial charge >= 0.3 is 0 Å². The topological polar surface area (TPSA) is 96.0 Å². The zero-order valence-electron chi connectivity index (χ0n) is 19.1. The molecule has 2 aliphatic heterocycles. The van der Waals surface area contributed by atoms with Gasteiger partial charge in [0.2, 0.25) is 15.9 Å². The molecule has 2 saturated heterocycles. The lowest BCUT2D eigenvalue weighted by molar-refractivity contribution is -0.120. The van der Waals surface area contributed by atoms with Gasteiger partial charge in [-0.05, 0) is 42.7 Å². The highest BCUT2D eigenvalue weighted by Crippen LogP contribution is 2.27. The fraction of sp³-hybridized carbons (Fsp3) is 0.417. The molecule has 0 saturated carbocycles. The van der Waals surface area contributed by atoms with Crippen LogP contribution in [0.1, 0.15) is 28.8 Å². The van der Waals surface area contributed by atoms with Crippen molar-refractivity contribution in [1.29, 1.82) is 0 Å². The number of para-hydroxylation sites is 1. The highest BCUT2D eigenvalue weighted by molar-refractivity contribution is 7.88.